The number of nitrogens with zero attached hydrogens (tertiary/aromatic N) is 2. The zero-order valence-corrected chi connectivity index (χ0v) is 18.2. The quantitative estimate of drug-likeness (QED) is 0.556. The minimum absolute atomic E-state index is 0.00148. The molecular formula is C24H23N3O3S. The van der Waals surface area contributed by atoms with E-state index in [0.717, 1.165) is 39.4 Å². The van der Waals surface area contributed by atoms with Crippen molar-refractivity contribution in [2.75, 3.05) is 6.54 Å². The SMILES string of the molecule is CC(C)Oc1ccc(-c2ncc(-c3cccc4c3CCC4NCC(=O)O)s2)cc1C#N. The first-order valence-electron chi connectivity index (χ1n) is 10.2. The van der Waals surface area contributed by atoms with E-state index in [0.29, 0.717) is 11.3 Å². The fourth-order valence-electron chi connectivity index (χ4n) is 3.95. The summed E-state index contributed by atoms with van der Waals surface area (Å²) >= 11 is 1.59. The van der Waals surface area contributed by atoms with Crippen LogP contribution >= 0.6 is 11.3 Å². The van der Waals surface area contributed by atoms with Gasteiger partial charge in [0.05, 0.1) is 23.1 Å². The normalized spacial score (nSPS) is 15.0. The van der Waals surface area contributed by atoms with Gasteiger partial charge >= 0.3 is 5.97 Å². The predicted octanol–water partition coefficient (Wildman–Crippen LogP) is 4.80. The van der Waals surface area contributed by atoms with E-state index in [2.05, 4.69) is 28.5 Å². The summed E-state index contributed by atoms with van der Waals surface area (Å²) in [6, 6.07) is 14.0. The van der Waals surface area contributed by atoms with Crippen molar-refractivity contribution in [3.8, 4) is 32.8 Å². The molecule has 0 fully saturated rings. The third-order valence-electron chi connectivity index (χ3n) is 5.25. The van der Waals surface area contributed by atoms with Gasteiger partial charge in [0.2, 0.25) is 0 Å². The maximum atomic E-state index is 10.9. The highest BCUT2D eigenvalue weighted by Gasteiger charge is 2.25. The third kappa shape index (κ3) is 4.46. The van der Waals surface area contributed by atoms with Crippen LogP contribution in [0.5, 0.6) is 5.75 Å². The molecule has 1 aliphatic carbocycles. The molecule has 7 heteroatoms. The number of hydrogen-bond donors (Lipinski definition) is 2. The van der Waals surface area contributed by atoms with Crippen LogP contribution < -0.4 is 10.1 Å². The Hall–Kier alpha value is -3.21. The van der Waals surface area contributed by atoms with Crippen LogP contribution in [0.2, 0.25) is 0 Å². The summed E-state index contributed by atoms with van der Waals surface area (Å²) in [5.41, 5.74) is 4.93. The van der Waals surface area contributed by atoms with Gasteiger partial charge in [-0.25, -0.2) is 4.98 Å². The number of fused-ring (bicyclic) bond motifs is 1. The Morgan fingerprint density at radius 1 is 1.39 bits per heavy atom. The second-order valence-electron chi connectivity index (χ2n) is 7.76. The molecular weight excluding hydrogens is 410 g/mol. The van der Waals surface area contributed by atoms with Crippen molar-refractivity contribution in [3.05, 3.63) is 59.3 Å². The van der Waals surface area contributed by atoms with Crippen LogP contribution in [0.1, 0.15) is 43.0 Å². The summed E-state index contributed by atoms with van der Waals surface area (Å²) < 4.78 is 5.71. The van der Waals surface area contributed by atoms with Gasteiger partial charge < -0.3 is 15.2 Å². The number of aromatic nitrogens is 1. The molecule has 31 heavy (non-hydrogen) atoms. The number of aliphatic carboxylic acids is 1. The van der Waals surface area contributed by atoms with Crippen LogP contribution in [-0.2, 0) is 11.2 Å². The molecule has 0 bridgehead atoms. The highest BCUT2D eigenvalue weighted by atomic mass is 32.1. The van der Waals surface area contributed by atoms with E-state index in [1.807, 2.05) is 44.3 Å². The monoisotopic (exact) mass is 433 g/mol. The number of nitrogens with one attached hydrogen (secondary N) is 1. The number of benzene rings is 2. The molecule has 0 radical (unpaired) electrons. The van der Waals surface area contributed by atoms with Crippen LogP contribution in [0.25, 0.3) is 21.0 Å². The minimum Gasteiger partial charge on any atom is -0.490 e. The van der Waals surface area contributed by atoms with Gasteiger partial charge in [-0.15, -0.1) is 11.3 Å². The molecule has 0 saturated carbocycles. The van der Waals surface area contributed by atoms with E-state index in [-0.39, 0.29) is 18.7 Å². The standard InChI is InChI=1S/C24H23N3O3S/c1-14(2)30-21-9-6-15(10-16(21)11-25)24-27-12-22(31-24)19-5-3-4-18-17(19)7-8-20(18)26-13-23(28)29/h3-6,9-10,12,14,20,26H,7-8,13H2,1-2H3,(H,28,29). The van der Waals surface area contributed by atoms with Gasteiger partial charge in [-0.05, 0) is 61.6 Å². The summed E-state index contributed by atoms with van der Waals surface area (Å²) in [5.74, 6) is -0.267. The number of carboxylic acid groups (broad SMARTS) is 1. The van der Waals surface area contributed by atoms with E-state index >= 15 is 0 Å². The number of ether oxygens (including phenoxy) is 1. The molecule has 1 aromatic heterocycles. The Morgan fingerprint density at radius 2 is 2.23 bits per heavy atom. The molecule has 0 aliphatic heterocycles. The van der Waals surface area contributed by atoms with Gasteiger partial charge in [0.1, 0.15) is 16.8 Å². The second-order valence-corrected chi connectivity index (χ2v) is 8.79. The molecule has 158 valence electrons. The van der Waals surface area contributed by atoms with Gasteiger partial charge in [-0.2, -0.15) is 5.26 Å². The molecule has 2 aromatic carbocycles. The van der Waals surface area contributed by atoms with Gasteiger partial charge in [-0.1, -0.05) is 18.2 Å². The Kier molecular flexibility index (Phi) is 6.03. The molecule has 1 heterocycles. The highest BCUT2D eigenvalue weighted by Crippen LogP contribution is 2.41. The lowest BCUT2D eigenvalue weighted by Crippen LogP contribution is -2.25. The Morgan fingerprint density at radius 3 is 2.97 bits per heavy atom. The first kappa shape index (κ1) is 21.0. The lowest BCUT2D eigenvalue weighted by atomic mass is 10.0. The lowest BCUT2D eigenvalue weighted by molar-refractivity contribution is -0.136. The van der Waals surface area contributed by atoms with E-state index in [1.54, 1.807) is 11.3 Å². The van der Waals surface area contributed by atoms with Crippen LogP contribution in [-0.4, -0.2) is 28.7 Å². The molecule has 1 atom stereocenters. The van der Waals surface area contributed by atoms with Gasteiger partial charge in [0.15, 0.2) is 0 Å². The van der Waals surface area contributed by atoms with Gasteiger partial charge in [0.25, 0.3) is 0 Å². The zero-order valence-electron chi connectivity index (χ0n) is 17.4. The van der Waals surface area contributed by atoms with Crippen molar-refractivity contribution < 1.29 is 14.6 Å². The molecule has 2 N–H and O–H groups in total. The largest absolute Gasteiger partial charge is 0.490 e. The summed E-state index contributed by atoms with van der Waals surface area (Å²) in [4.78, 5) is 16.6. The first-order chi connectivity index (χ1) is 15.0. The fraction of sp³-hybridized carbons (Fsp3) is 0.292. The van der Waals surface area contributed by atoms with E-state index in [9.17, 15) is 10.1 Å². The summed E-state index contributed by atoms with van der Waals surface area (Å²) in [6.07, 6.45) is 3.65. The smallest absolute Gasteiger partial charge is 0.317 e. The average molecular weight is 434 g/mol. The summed E-state index contributed by atoms with van der Waals surface area (Å²) in [7, 11) is 0. The third-order valence-corrected chi connectivity index (χ3v) is 6.33. The molecule has 4 rings (SSSR count). The molecule has 0 saturated heterocycles. The lowest BCUT2D eigenvalue weighted by Gasteiger charge is -2.13. The van der Waals surface area contributed by atoms with Crippen molar-refractivity contribution in [2.24, 2.45) is 0 Å². The number of thiazole rings is 1. The second kappa shape index (κ2) is 8.88. The van der Waals surface area contributed by atoms with Gasteiger partial charge in [-0.3, -0.25) is 4.79 Å². The Labute approximate surface area is 185 Å². The minimum atomic E-state index is -0.849. The molecule has 1 aliphatic rings. The van der Waals surface area contributed by atoms with Crippen LogP contribution in [0.3, 0.4) is 0 Å². The summed E-state index contributed by atoms with van der Waals surface area (Å²) in [6.45, 7) is 3.82. The van der Waals surface area contributed by atoms with Crippen molar-refractivity contribution in [3.63, 3.8) is 0 Å². The van der Waals surface area contributed by atoms with Crippen molar-refractivity contribution >= 4 is 17.3 Å². The van der Waals surface area contributed by atoms with E-state index in [4.69, 9.17) is 9.84 Å². The molecule has 6 nitrogen and oxygen atoms in total. The number of hydrogen-bond acceptors (Lipinski definition) is 6. The Balaban J connectivity index is 1.62. The maximum Gasteiger partial charge on any atom is 0.317 e. The van der Waals surface area contributed by atoms with Crippen molar-refractivity contribution in [2.45, 2.75) is 38.8 Å². The number of rotatable bonds is 7. The maximum absolute atomic E-state index is 10.9. The zero-order chi connectivity index (χ0) is 22.0. The van der Waals surface area contributed by atoms with E-state index in [1.165, 1.54) is 5.56 Å². The van der Waals surface area contributed by atoms with Crippen molar-refractivity contribution in [1.82, 2.24) is 10.3 Å². The summed E-state index contributed by atoms with van der Waals surface area (Å²) in [5, 5.41) is 22.4. The van der Waals surface area contributed by atoms with Crippen LogP contribution in [0.4, 0.5) is 0 Å². The van der Waals surface area contributed by atoms with Gasteiger partial charge in [0, 0.05) is 17.8 Å². The Bertz CT molecular complexity index is 1160. The highest BCUT2D eigenvalue weighted by molar-refractivity contribution is 7.18. The van der Waals surface area contributed by atoms with E-state index < -0.39 is 5.97 Å². The van der Waals surface area contributed by atoms with Crippen LogP contribution in [0.15, 0.2) is 42.6 Å². The topological polar surface area (TPSA) is 95.2 Å². The first-order valence-corrected chi connectivity index (χ1v) is 11.0. The van der Waals surface area contributed by atoms with Crippen molar-refractivity contribution in [1.29, 1.82) is 5.26 Å². The fourth-order valence-corrected chi connectivity index (χ4v) is 4.91. The van der Waals surface area contributed by atoms with Crippen LogP contribution in [0, 0.1) is 11.3 Å². The molecule has 0 amide bonds. The predicted molar refractivity (Wildman–Crippen MR) is 120 cm³/mol. The number of carboxylic acids is 1. The molecule has 1 unspecified atom stereocenters. The number of carbonyl (C=O) groups is 1. The molecule has 0 spiro atoms. The average Bonchev–Trinajstić information content (AvgIpc) is 3.39. The number of nitriles is 1. The molecule has 3 aromatic rings.